The van der Waals surface area contributed by atoms with Crippen molar-refractivity contribution in [3.8, 4) is 11.5 Å². The fourth-order valence-corrected chi connectivity index (χ4v) is 1.93. The van der Waals surface area contributed by atoms with Crippen LogP contribution in [0.2, 0.25) is 0 Å². The highest BCUT2D eigenvalue weighted by Crippen LogP contribution is 2.22. The highest BCUT2D eigenvalue weighted by molar-refractivity contribution is 5.93. The summed E-state index contributed by atoms with van der Waals surface area (Å²) in [6.07, 6.45) is 0.227. The van der Waals surface area contributed by atoms with Crippen LogP contribution < -0.4 is 10.1 Å². The van der Waals surface area contributed by atoms with E-state index in [0.717, 1.165) is 16.9 Å². The quantitative estimate of drug-likeness (QED) is 0.841. The van der Waals surface area contributed by atoms with E-state index in [2.05, 4.69) is 5.32 Å². The van der Waals surface area contributed by atoms with E-state index in [1.165, 1.54) is 6.07 Å². The fourth-order valence-electron chi connectivity index (χ4n) is 1.93. The van der Waals surface area contributed by atoms with E-state index in [-0.39, 0.29) is 18.1 Å². The summed E-state index contributed by atoms with van der Waals surface area (Å²) in [4.78, 5) is 12.0. The summed E-state index contributed by atoms with van der Waals surface area (Å²) in [5.41, 5.74) is 2.30. The molecule has 2 N–H and O–H groups in total. The van der Waals surface area contributed by atoms with Gasteiger partial charge in [-0.1, -0.05) is 24.3 Å². The van der Waals surface area contributed by atoms with Gasteiger partial charge in [0.25, 0.3) is 0 Å². The normalized spacial score (nSPS) is 10.1. The summed E-state index contributed by atoms with van der Waals surface area (Å²) in [7, 11) is 1.61. The van der Waals surface area contributed by atoms with Crippen molar-refractivity contribution >= 4 is 11.6 Å². The van der Waals surface area contributed by atoms with E-state index < -0.39 is 0 Å². The lowest BCUT2D eigenvalue weighted by atomic mass is 10.1. The van der Waals surface area contributed by atoms with Gasteiger partial charge in [-0.2, -0.15) is 0 Å². The highest BCUT2D eigenvalue weighted by atomic mass is 16.5. The van der Waals surface area contributed by atoms with Crippen LogP contribution >= 0.6 is 0 Å². The van der Waals surface area contributed by atoms with Gasteiger partial charge in [0.1, 0.15) is 11.5 Å². The largest absolute Gasteiger partial charge is 0.506 e. The molecule has 0 radical (unpaired) electrons. The molecule has 0 spiro atoms. The number of para-hydroxylation sites is 2. The number of carbonyl (C=O) groups is 1. The molecule has 0 fully saturated rings. The number of hydrogen-bond acceptors (Lipinski definition) is 3. The molecule has 0 aliphatic heterocycles. The number of aromatic hydroxyl groups is 1. The van der Waals surface area contributed by atoms with E-state index in [9.17, 15) is 9.90 Å². The summed E-state index contributed by atoms with van der Waals surface area (Å²) >= 11 is 0. The van der Waals surface area contributed by atoms with Gasteiger partial charge in [-0.05, 0) is 36.2 Å². The Morgan fingerprint density at radius 1 is 1.25 bits per heavy atom. The number of ether oxygens (including phenoxy) is 1. The van der Waals surface area contributed by atoms with Crippen LogP contribution in [0.3, 0.4) is 0 Å². The molecule has 20 heavy (non-hydrogen) atoms. The van der Waals surface area contributed by atoms with E-state index in [4.69, 9.17) is 4.74 Å². The minimum absolute atomic E-state index is 0.0577. The molecular weight excluding hydrogens is 254 g/mol. The number of aryl methyl sites for hydroxylation is 1. The van der Waals surface area contributed by atoms with Gasteiger partial charge in [-0.25, -0.2) is 0 Å². The molecule has 2 aromatic carbocycles. The number of methoxy groups -OCH3 is 1. The number of benzene rings is 2. The second kappa shape index (κ2) is 6.10. The van der Waals surface area contributed by atoms with Gasteiger partial charge < -0.3 is 15.2 Å². The fraction of sp³-hybridized carbons (Fsp3) is 0.188. The number of anilines is 1. The summed E-state index contributed by atoms with van der Waals surface area (Å²) in [5.74, 6) is 0.637. The molecule has 0 heterocycles. The lowest BCUT2D eigenvalue weighted by Crippen LogP contribution is -2.14. The van der Waals surface area contributed by atoms with Crippen molar-refractivity contribution in [1.29, 1.82) is 0 Å². The number of phenols is 1. The molecule has 0 unspecified atom stereocenters. The third-order valence-electron chi connectivity index (χ3n) is 3.02. The second-order valence-electron chi connectivity index (χ2n) is 4.55. The number of carbonyl (C=O) groups excluding carboxylic acids is 1. The van der Waals surface area contributed by atoms with E-state index in [1.807, 2.05) is 25.1 Å². The van der Waals surface area contributed by atoms with Crippen molar-refractivity contribution < 1.29 is 14.6 Å². The van der Waals surface area contributed by atoms with Gasteiger partial charge in [0.15, 0.2) is 0 Å². The van der Waals surface area contributed by atoms with Gasteiger partial charge in [0.2, 0.25) is 5.91 Å². The Morgan fingerprint density at radius 3 is 2.70 bits per heavy atom. The summed E-state index contributed by atoms with van der Waals surface area (Å²) in [6, 6.07) is 12.3. The molecule has 104 valence electrons. The summed E-state index contributed by atoms with van der Waals surface area (Å²) in [5, 5.41) is 12.3. The lowest BCUT2D eigenvalue weighted by Gasteiger charge is -2.09. The Balaban J connectivity index is 2.07. The van der Waals surface area contributed by atoms with Crippen LogP contribution in [0.15, 0.2) is 42.5 Å². The molecule has 1 amide bonds. The summed E-state index contributed by atoms with van der Waals surface area (Å²) in [6.45, 7) is 1.95. The first-order valence-corrected chi connectivity index (χ1v) is 6.31. The van der Waals surface area contributed by atoms with Gasteiger partial charge in [0, 0.05) is 0 Å². The first kappa shape index (κ1) is 13.9. The third-order valence-corrected chi connectivity index (χ3v) is 3.02. The molecule has 0 aromatic heterocycles. The smallest absolute Gasteiger partial charge is 0.228 e. The summed E-state index contributed by atoms with van der Waals surface area (Å²) < 4.78 is 5.23. The minimum Gasteiger partial charge on any atom is -0.506 e. The van der Waals surface area contributed by atoms with Gasteiger partial charge in [0.05, 0.1) is 19.2 Å². The Labute approximate surface area is 118 Å². The van der Waals surface area contributed by atoms with Crippen LogP contribution in [-0.2, 0) is 11.2 Å². The average Bonchev–Trinajstić information content (AvgIpc) is 2.43. The van der Waals surface area contributed by atoms with E-state index in [0.29, 0.717) is 5.69 Å². The van der Waals surface area contributed by atoms with E-state index in [1.54, 1.807) is 25.3 Å². The van der Waals surface area contributed by atoms with Crippen LogP contribution in [0.5, 0.6) is 11.5 Å². The van der Waals surface area contributed by atoms with Crippen LogP contribution in [0.4, 0.5) is 5.69 Å². The monoisotopic (exact) mass is 271 g/mol. The first-order valence-electron chi connectivity index (χ1n) is 6.31. The Hall–Kier alpha value is -2.49. The van der Waals surface area contributed by atoms with Crippen molar-refractivity contribution in [2.45, 2.75) is 13.3 Å². The molecular formula is C16H17NO3. The molecule has 0 atom stereocenters. The maximum Gasteiger partial charge on any atom is 0.228 e. The number of nitrogens with one attached hydrogen (secondary N) is 1. The Kier molecular flexibility index (Phi) is 4.25. The van der Waals surface area contributed by atoms with Crippen LogP contribution in [-0.4, -0.2) is 18.1 Å². The number of rotatable bonds is 4. The van der Waals surface area contributed by atoms with Crippen molar-refractivity contribution in [2.24, 2.45) is 0 Å². The third kappa shape index (κ3) is 3.29. The molecule has 4 heteroatoms. The van der Waals surface area contributed by atoms with E-state index >= 15 is 0 Å². The molecule has 0 aliphatic rings. The molecule has 4 nitrogen and oxygen atoms in total. The first-order chi connectivity index (χ1) is 9.60. The minimum atomic E-state index is -0.183. The van der Waals surface area contributed by atoms with Gasteiger partial charge in [-0.15, -0.1) is 0 Å². The van der Waals surface area contributed by atoms with Crippen LogP contribution in [0.1, 0.15) is 11.1 Å². The topological polar surface area (TPSA) is 58.6 Å². The number of hydrogen-bond donors (Lipinski definition) is 2. The van der Waals surface area contributed by atoms with Crippen LogP contribution in [0, 0.1) is 6.92 Å². The SMILES string of the molecule is COc1cc(CC(=O)Nc2ccccc2O)ccc1C. The zero-order valence-corrected chi connectivity index (χ0v) is 11.5. The maximum absolute atomic E-state index is 12.0. The predicted octanol–water partition coefficient (Wildman–Crippen LogP) is 2.89. The Bertz CT molecular complexity index is 623. The zero-order valence-electron chi connectivity index (χ0n) is 11.5. The van der Waals surface area contributed by atoms with Crippen LogP contribution in [0.25, 0.3) is 0 Å². The number of amides is 1. The zero-order chi connectivity index (χ0) is 14.5. The molecule has 0 saturated carbocycles. The Morgan fingerprint density at radius 2 is 2.00 bits per heavy atom. The lowest BCUT2D eigenvalue weighted by molar-refractivity contribution is -0.115. The molecule has 0 bridgehead atoms. The van der Waals surface area contributed by atoms with Crippen molar-refractivity contribution in [1.82, 2.24) is 0 Å². The molecule has 0 saturated heterocycles. The maximum atomic E-state index is 12.0. The average molecular weight is 271 g/mol. The number of phenolic OH excluding ortho intramolecular Hbond substituents is 1. The predicted molar refractivity (Wildman–Crippen MR) is 78.2 cm³/mol. The van der Waals surface area contributed by atoms with Gasteiger partial charge >= 0.3 is 0 Å². The standard InChI is InChI=1S/C16H17NO3/c1-11-7-8-12(9-15(11)20-2)10-16(19)17-13-5-3-4-6-14(13)18/h3-9,18H,10H2,1-2H3,(H,17,19). The second-order valence-corrected chi connectivity index (χ2v) is 4.55. The van der Waals surface area contributed by atoms with Gasteiger partial charge in [-0.3, -0.25) is 4.79 Å². The van der Waals surface area contributed by atoms with Crippen molar-refractivity contribution in [3.63, 3.8) is 0 Å². The van der Waals surface area contributed by atoms with Crippen molar-refractivity contribution in [3.05, 3.63) is 53.6 Å². The molecule has 2 aromatic rings. The highest BCUT2D eigenvalue weighted by Gasteiger charge is 2.08. The van der Waals surface area contributed by atoms with Crippen molar-refractivity contribution in [2.75, 3.05) is 12.4 Å². The molecule has 0 aliphatic carbocycles. The molecule has 2 rings (SSSR count).